The lowest BCUT2D eigenvalue weighted by Gasteiger charge is -2.27. The zero-order chi connectivity index (χ0) is 24.7. The van der Waals surface area contributed by atoms with Crippen molar-refractivity contribution in [1.29, 1.82) is 0 Å². The quantitative estimate of drug-likeness (QED) is 0.605. The van der Waals surface area contributed by atoms with Gasteiger partial charge in [-0.2, -0.15) is 15.0 Å². The van der Waals surface area contributed by atoms with E-state index in [0.717, 1.165) is 5.56 Å². The average molecular weight is 504 g/mol. The van der Waals surface area contributed by atoms with E-state index in [2.05, 4.69) is 9.80 Å². The van der Waals surface area contributed by atoms with Crippen molar-refractivity contribution in [2.45, 2.75) is 0 Å². The number of aromatic nitrogens is 3. The molecule has 0 radical (unpaired) electrons. The minimum atomic E-state index is 0.540. The second kappa shape index (κ2) is 15.6. The topological polar surface area (TPSA) is 101 Å². The molecular weight excluding hydrogens is 466 g/mol. The largest absolute Gasteiger partial charge is 0.377 e. The van der Waals surface area contributed by atoms with Crippen LogP contribution in [0.1, 0.15) is 0 Å². The maximum Gasteiger partial charge on any atom is 0.230 e. The first-order valence-electron chi connectivity index (χ1n) is 12.7. The zero-order valence-corrected chi connectivity index (χ0v) is 20.9. The smallest absolute Gasteiger partial charge is 0.230 e. The van der Waals surface area contributed by atoms with Gasteiger partial charge in [-0.15, -0.1) is 0 Å². The molecule has 2 aromatic rings. The van der Waals surface area contributed by atoms with Crippen LogP contribution in [0.25, 0.3) is 11.4 Å². The lowest BCUT2D eigenvalue weighted by molar-refractivity contribution is 0.0123. The minimum Gasteiger partial charge on any atom is -0.377 e. The van der Waals surface area contributed by atoms with Gasteiger partial charge < -0.3 is 38.2 Å². The van der Waals surface area contributed by atoms with Gasteiger partial charge in [0.1, 0.15) is 0 Å². The summed E-state index contributed by atoms with van der Waals surface area (Å²) in [6.07, 6.45) is 0. The summed E-state index contributed by atoms with van der Waals surface area (Å²) in [4.78, 5) is 18.8. The Morgan fingerprint density at radius 2 is 0.806 bits per heavy atom. The second-order valence-corrected chi connectivity index (χ2v) is 8.27. The van der Waals surface area contributed by atoms with Crippen molar-refractivity contribution in [2.75, 3.05) is 115 Å². The molecule has 0 N–H and O–H groups in total. The first-order valence-corrected chi connectivity index (χ1v) is 12.7. The molecule has 2 aliphatic rings. The van der Waals surface area contributed by atoms with Gasteiger partial charge in [0.25, 0.3) is 0 Å². The summed E-state index contributed by atoms with van der Waals surface area (Å²) >= 11 is 0. The number of hydrogen-bond acceptors (Lipinski definition) is 11. The first-order chi connectivity index (χ1) is 17.9. The molecule has 11 heteroatoms. The maximum absolute atomic E-state index is 5.77. The fourth-order valence-corrected chi connectivity index (χ4v) is 3.76. The molecular formula is C25H37N5O6. The molecule has 0 saturated carbocycles. The Morgan fingerprint density at radius 1 is 0.444 bits per heavy atom. The van der Waals surface area contributed by atoms with Crippen LogP contribution in [0.5, 0.6) is 0 Å². The Hall–Kier alpha value is -2.41. The van der Waals surface area contributed by atoms with Crippen molar-refractivity contribution in [1.82, 2.24) is 15.0 Å². The maximum atomic E-state index is 5.77. The molecule has 0 amide bonds. The minimum absolute atomic E-state index is 0.540. The van der Waals surface area contributed by atoms with Crippen molar-refractivity contribution >= 4 is 11.9 Å². The number of nitrogens with zero attached hydrogens (tertiary/aromatic N) is 5. The monoisotopic (exact) mass is 503 g/mol. The van der Waals surface area contributed by atoms with Crippen LogP contribution in [-0.4, -0.2) is 120 Å². The predicted octanol–water partition coefficient (Wildman–Crippen LogP) is 1.28. The van der Waals surface area contributed by atoms with Crippen LogP contribution in [0.2, 0.25) is 0 Å². The highest BCUT2D eigenvalue weighted by atomic mass is 16.5. The number of benzene rings is 1. The molecule has 0 aliphatic carbocycles. The van der Waals surface area contributed by atoms with Gasteiger partial charge in [0.2, 0.25) is 11.9 Å². The van der Waals surface area contributed by atoms with Crippen LogP contribution in [0.3, 0.4) is 0 Å². The summed E-state index contributed by atoms with van der Waals surface area (Å²) in [5, 5.41) is 0. The summed E-state index contributed by atoms with van der Waals surface area (Å²) in [6, 6.07) is 9.97. The van der Waals surface area contributed by atoms with E-state index < -0.39 is 0 Å². The van der Waals surface area contributed by atoms with Crippen LogP contribution in [0, 0.1) is 0 Å². The number of ether oxygens (including phenoxy) is 6. The number of hydrogen-bond donors (Lipinski definition) is 0. The zero-order valence-electron chi connectivity index (χ0n) is 20.9. The van der Waals surface area contributed by atoms with Gasteiger partial charge in [-0.05, 0) is 0 Å². The molecule has 1 aromatic heterocycles. The molecule has 2 aliphatic heterocycles. The van der Waals surface area contributed by atoms with Gasteiger partial charge >= 0.3 is 0 Å². The molecule has 0 atom stereocenters. The van der Waals surface area contributed by atoms with Crippen molar-refractivity contribution in [3.05, 3.63) is 30.3 Å². The molecule has 11 nitrogen and oxygen atoms in total. The Labute approximate surface area is 212 Å². The molecule has 0 unspecified atom stereocenters. The van der Waals surface area contributed by atoms with E-state index in [1.165, 1.54) is 0 Å². The van der Waals surface area contributed by atoms with Gasteiger partial charge in [0, 0.05) is 31.7 Å². The number of rotatable bonds is 3. The third kappa shape index (κ3) is 8.91. The van der Waals surface area contributed by atoms with Crippen LogP contribution in [0.4, 0.5) is 11.9 Å². The average Bonchev–Trinajstić information content (AvgIpc) is 2.90. The van der Waals surface area contributed by atoms with Crippen LogP contribution >= 0.6 is 0 Å². The summed E-state index contributed by atoms with van der Waals surface area (Å²) in [7, 11) is 0. The second-order valence-electron chi connectivity index (χ2n) is 8.27. The summed E-state index contributed by atoms with van der Waals surface area (Å²) in [6.45, 7) is 9.11. The van der Waals surface area contributed by atoms with E-state index in [1.54, 1.807) is 0 Å². The van der Waals surface area contributed by atoms with Gasteiger partial charge in [-0.25, -0.2) is 0 Å². The van der Waals surface area contributed by atoms with E-state index in [1.807, 2.05) is 30.3 Å². The van der Waals surface area contributed by atoms with Gasteiger partial charge in [-0.3, -0.25) is 0 Å². The van der Waals surface area contributed by atoms with Gasteiger partial charge in [-0.1, -0.05) is 30.3 Å². The predicted molar refractivity (Wildman–Crippen MR) is 135 cm³/mol. The van der Waals surface area contributed by atoms with Crippen LogP contribution in [0.15, 0.2) is 30.3 Å². The molecule has 2 fully saturated rings. The molecule has 0 spiro atoms. The fourth-order valence-electron chi connectivity index (χ4n) is 3.76. The van der Waals surface area contributed by atoms with E-state index in [0.29, 0.717) is 123 Å². The molecule has 4 rings (SSSR count). The Kier molecular flexibility index (Phi) is 11.6. The molecule has 198 valence electrons. The van der Waals surface area contributed by atoms with E-state index in [9.17, 15) is 0 Å². The number of anilines is 2. The van der Waals surface area contributed by atoms with Gasteiger partial charge in [0.15, 0.2) is 5.82 Å². The van der Waals surface area contributed by atoms with Crippen molar-refractivity contribution in [2.24, 2.45) is 0 Å². The Bertz CT molecular complexity index is 805. The molecule has 3 heterocycles. The van der Waals surface area contributed by atoms with Gasteiger partial charge in [0.05, 0.1) is 79.3 Å². The Morgan fingerprint density at radius 3 is 1.19 bits per heavy atom. The highest BCUT2D eigenvalue weighted by molar-refractivity contribution is 5.58. The lowest BCUT2D eigenvalue weighted by Crippen LogP contribution is -2.36. The highest BCUT2D eigenvalue weighted by Gasteiger charge is 2.19. The summed E-state index contributed by atoms with van der Waals surface area (Å²) < 4.78 is 34.0. The lowest BCUT2D eigenvalue weighted by atomic mass is 10.2. The molecule has 1 aromatic carbocycles. The third-order valence-corrected chi connectivity index (χ3v) is 5.72. The first kappa shape index (κ1) is 26.6. The normalized spacial score (nSPS) is 20.4. The molecule has 0 bridgehead atoms. The summed E-state index contributed by atoms with van der Waals surface area (Å²) in [5.41, 5.74) is 0.931. The summed E-state index contributed by atoms with van der Waals surface area (Å²) in [5.74, 6) is 1.82. The Balaban J connectivity index is 1.59. The van der Waals surface area contributed by atoms with E-state index >= 15 is 0 Å². The van der Waals surface area contributed by atoms with E-state index in [-0.39, 0.29) is 0 Å². The highest BCUT2D eigenvalue weighted by Crippen LogP contribution is 2.21. The molecule has 36 heavy (non-hydrogen) atoms. The fraction of sp³-hybridized carbons (Fsp3) is 0.640. The van der Waals surface area contributed by atoms with Crippen LogP contribution in [-0.2, 0) is 28.4 Å². The SMILES string of the molecule is c1ccc(-c2nc(N3CCOCCOCCOCC3)nc(N3CCOCCOCCOCC3)n2)cc1. The van der Waals surface area contributed by atoms with Crippen molar-refractivity contribution in [3.8, 4) is 11.4 Å². The third-order valence-electron chi connectivity index (χ3n) is 5.72. The van der Waals surface area contributed by atoms with Crippen LogP contribution < -0.4 is 9.80 Å². The standard InChI is InChI=1S/C25H37N5O6/c1-2-4-22(5-3-1)23-26-24(29-6-10-31-14-18-35-19-15-32-11-7-29)28-25(27-23)30-8-12-33-16-20-36-21-17-34-13-9-30/h1-5H,6-21H2. The van der Waals surface area contributed by atoms with Crippen molar-refractivity contribution in [3.63, 3.8) is 0 Å². The van der Waals surface area contributed by atoms with E-state index in [4.69, 9.17) is 43.4 Å². The molecule has 2 saturated heterocycles. The van der Waals surface area contributed by atoms with Crippen molar-refractivity contribution < 1.29 is 28.4 Å².